The summed E-state index contributed by atoms with van der Waals surface area (Å²) in [4.78, 5) is 24.1. The summed E-state index contributed by atoms with van der Waals surface area (Å²) in [6.07, 6.45) is 4.03. The van der Waals surface area contributed by atoms with Crippen molar-refractivity contribution in [3.8, 4) is 0 Å². The van der Waals surface area contributed by atoms with Gasteiger partial charge in [0, 0.05) is 47.5 Å². The summed E-state index contributed by atoms with van der Waals surface area (Å²) in [6, 6.07) is 10.7. The number of hydrogen-bond donors (Lipinski definition) is 2. The first-order chi connectivity index (χ1) is 15.5. The van der Waals surface area contributed by atoms with Crippen LogP contribution in [0.4, 0.5) is 15.8 Å². The van der Waals surface area contributed by atoms with Crippen molar-refractivity contribution in [1.82, 2.24) is 4.90 Å². The molecule has 0 saturated heterocycles. The lowest BCUT2D eigenvalue weighted by atomic mass is 10.0. The zero-order chi connectivity index (χ0) is 22.7. The topological polar surface area (TPSA) is 83.1 Å². The molecule has 6 nitrogen and oxygen atoms in total. The van der Waals surface area contributed by atoms with E-state index in [1.54, 1.807) is 6.07 Å². The molecule has 7 heteroatoms. The number of anilines is 1. The van der Waals surface area contributed by atoms with Crippen molar-refractivity contribution in [2.75, 3.05) is 18.4 Å². The number of hydrogen-bond acceptors (Lipinski definition) is 5. The molecule has 2 aliphatic rings. The number of carbonyl (C=O) groups is 1. The number of nitrogens with two attached hydrogens (primary N) is 1. The van der Waals surface area contributed by atoms with E-state index in [0.29, 0.717) is 40.6 Å². The maximum absolute atomic E-state index is 14.0. The van der Waals surface area contributed by atoms with E-state index in [2.05, 4.69) is 29.1 Å². The van der Waals surface area contributed by atoms with Gasteiger partial charge in [0.1, 0.15) is 17.5 Å². The fraction of sp³-hybridized carbons (Fsp3) is 0.320. The molecule has 4 rings (SSSR count). The second kappa shape index (κ2) is 9.34. The van der Waals surface area contributed by atoms with Gasteiger partial charge in [-0.05, 0) is 37.1 Å². The normalized spacial score (nSPS) is 14.8. The predicted octanol–water partition coefficient (Wildman–Crippen LogP) is 4.62. The van der Waals surface area contributed by atoms with Gasteiger partial charge in [-0.2, -0.15) is 0 Å². The number of aliphatic imine (C=N–C) groups is 2. The molecule has 1 amide bonds. The summed E-state index contributed by atoms with van der Waals surface area (Å²) in [5.74, 6) is 0.807. The fourth-order valence-corrected chi connectivity index (χ4v) is 4.06. The Morgan fingerprint density at radius 1 is 1.19 bits per heavy atom. The molecule has 0 bridgehead atoms. The third kappa shape index (κ3) is 4.42. The largest absolute Gasteiger partial charge is 0.387 e. The van der Waals surface area contributed by atoms with Crippen LogP contribution in [0.3, 0.4) is 0 Å². The van der Waals surface area contributed by atoms with E-state index < -0.39 is 0 Å². The van der Waals surface area contributed by atoms with E-state index in [0.717, 1.165) is 37.1 Å². The Hall–Kier alpha value is -3.48. The first kappa shape index (κ1) is 21.7. The van der Waals surface area contributed by atoms with Crippen molar-refractivity contribution >= 4 is 35.0 Å². The average Bonchev–Trinajstić information content (AvgIpc) is 2.95. The first-order valence-corrected chi connectivity index (χ1v) is 11.1. The van der Waals surface area contributed by atoms with Gasteiger partial charge in [0.25, 0.3) is 0 Å². The number of amides is 1. The minimum absolute atomic E-state index is 0.0146. The molecule has 0 aromatic heterocycles. The molecule has 0 radical (unpaired) electrons. The number of fused-ring (bicyclic) bond motifs is 2. The van der Waals surface area contributed by atoms with Gasteiger partial charge in [-0.15, -0.1) is 0 Å². The number of nitrogens with one attached hydrogen (secondary N) is 1. The van der Waals surface area contributed by atoms with E-state index in [4.69, 9.17) is 5.73 Å². The van der Waals surface area contributed by atoms with Gasteiger partial charge < -0.3 is 16.0 Å². The Morgan fingerprint density at radius 3 is 2.72 bits per heavy atom. The van der Waals surface area contributed by atoms with Crippen molar-refractivity contribution < 1.29 is 9.18 Å². The Labute approximate surface area is 187 Å². The molecule has 0 unspecified atom stereocenters. The smallest absolute Gasteiger partial charge is 0.250 e. The molecule has 32 heavy (non-hydrogen) atoms. The third-order valence-electron chi connectivity index (χ3n) is 5.59. The quantitative estimate of drug-likeness (QED) is 0.697. The molecular formula is C25H28FN5O. The van der Waals surface area contributed by atoms with Gasteiger partial charge >= 0.3 is 0 Å². The second-order valence-corrected chi connectivity index (χ2v) is 8.07. The van der Waals surface area contributed by atoms with Crippen LogP contribution in [0.1, 0.15) is 49.8 Å². The van der Waals surface area contributed by atoms with Crippen LogP contribution in [-0.2, 0) is 11.3 Å². The zero-order valence-electron chi connectivity index (χ0n) is 18.5. The summed E-state index contributed by atoms with van der Waals surface area (Å²) in [7, 11) is 0. The minimum Gasteiger partial charge on any atom is -0.387 e. The van der Waals surface area contributed by atoms with Gasteiger partial charge in [-0.1, -0.05) is 32.0 Å². The molecule has 2 aromatic carbocycles. The van der Waals surface area contributed by atoms with E-state index in [1.165, 1.54) is 6.07 Å². The lowest BCUT2D eigenvalue weighted by Gasteiger charge is -2.22. The van der Waals surface area contributed by atoms with Crippen LogP contribution in [0, 0.1) is 5.82 Å². The van der Waals surface area contributed by atoms with Crippen LogP contribution >= 0.6 is 0 Å². The number of carbonyl (C=O) groups excluding carboxylic acids is 1. The predicted molar refractivity (Wildman–Crippen MR) is 128 cm³/mol. The van der Waals surface area contributed by atoms with Gasteiger partial charge in [-0.3, -0.25) is 9.79 Å². The van der Waals surface area contributed by atoms with E-state index >= 15 is 0 Å². The SMILES string of the molecule is CCCN(CCC)C(=O)C1=Cc2ccc(C3=NCc4c(F)cccc4N3)cc2N=C(N)C1. The molecule has 0 spiro atoms. The number of benzene rings is 2. The van der Waals surface area contributed by atoms with Gasteiger partial charge in [0.05, 0.1) is 12.2 Å². The summed E-state index contributed by atoms with van der Waals surface area (Å²) < 4.78 is 14.0. The number of nitrogens with zero attached hydrogens (tertiary/aromatic N) is 3. The lowest BCUT2D eigenvalue weighted by Crippen LogP contribution is -2.34. The zero-order valence-corrected chi connectivity index (χ0v) is 18.5. The maximum atomic E-state index is 14.0. The van der Waals surface area contributed by atoms with Crippen molar-refractivity contribution in [1.29, 1.82) is 0 Å². The molecule has 3 N–H and O–H groups in total. The van der Waals surface area contributed by atoms with Crippen LogP contribution in [-0.4, -0.2) is 35.6 Å². The lowest BCUT2D eigenvalue weighted by molar-refractivity contribution is -0.127. The number of amidine groups is 2. The van der Waals surface area contributed by atoms with Gasteiger partial charge in [0.15, 0.2) is 0 Å². The van der Waals surface area contributed by atoms with E-state index in [9.17, 15) is 9.18 Å². The highest BCUT2D eigenvalue weighted by molar-refractivity contribution is 6.11. The summed E-state index contributed by atoms with van der Waals surface area (Å²) >= 11 is 0. The van der Waals surface area contributed by atoms with Crippen molar-refractivity contribution in [2.45, 2.75) is 39.7 Å². The Balaban J connectivity index is 1.64. The van der Waals surface area contributed by atoms with Crippen LogP contribution in [0.15, 0.2) is 52.0 Å². The van der Waals surface area contributed by atoms with Gasteiger partial charge in [-0.25, -0.2) is 9.38 Å². The first-order valence-electron chi connectivity index (χ1n) is 11.1. The highest BCUT2D eigenvalue weighted by Gasteiger charge is 2.22. The molecule has 0 atom stereocenters. The molecule has 0 fully saturated rings. The summed E-state index contributed by atoms with van der Waals surface area (Å²) in [6.45, 7) is 5.86. The van der Waals surface area contributed by atoms with Crippen molar-refractivity contribution in [3.63, 3.8) is 0 Å². The molecule has 0 saturated carbocycles. The van der Waals surface area contributed by atoms with Crippen LogP contribution < -0.4 is 11.1 Å². The molecule has 166 valence electrons. The highest BCUT2D eigenvalue weighted by Crippen LogP contribution is 2.30. The highest BCUT2D eigenvalue weighted by atomic mass is 19.1. The molecule has 2 aliphatic heterocycles. The molecular weight excluding hydrogens is 405 g/mol. The van der Waals surface area contributed by atoms with Crippen LogP contribution in [0.25, 0.3) is 6.08 Å². The van der Waals surface area contributed by atoms with Crippen LogP contribution in [0.5, 0.6) is 0 Å². The van der Waals surface area contributed by atoms with Crippen molar-refractivity contribution in [2.24, 2.45) is 15.7 Å². The van der Waals surface area contributed by atoms with Crippen LogP contribution in [0.2, 0.25) is 0 Å². The number of rotatable bonds is 6. The Kier molecular flexibility index (Phi) is 6.35. The van der Waals surface area contributed by atoms with Gasteiger partial charge in [0.2, 0.25) is 5.91 Å². The Bertz CT molecular complexity index is 1130. The Morgan fingerprint density at radius 2 is 1.97 bits per heavy atom. The number of halogens is 1. The standard InChI is InChI=1S/C25H28FN5O/c1-3-10-31(11-4-2)25(32)18-12-16-8-9-17(13-22(16)29-23(27)14-18)24-28-15-19-20(26)6-5-7-21(19)30-24/h5-9,12-13H,3-4,10-11,14-15H2,1-2H3,(H2,27,29)(H,28,30). The molecule has 2 heterocycles. The minimum atomic E-state index is -0.264. The fourth-order valence-electron chi connectivity index (χ4n) is 4.06. The van der Waals surface area contributed by atoms with Crippen molar-refractivity contribution in [3.05, 3.63) is 64.5 Å². The average molecular weight is 434 g/mol. The second-order valence-electron chi connectivity index (χ2n) is 8.07. The van der Waals surface area contributed by atoms with E-state index in [1.807, 2.05) is 35.2 Å². The summed E-state index contributed by atoms with van der Waals surface area (Å²) in [5, 5.41) is 3.21. The summed E-state index contributed by atoms with van der Waals surface area (Å²) in [5.41, 5.74) is 10.5. The third-order valence-corrected chi connectivity index (χ3v) is 5.59. The van der Waals surface area contributed by atoms with E-state index in [-0.39, 0.29) is 18.3 Å². The molecule has 0 aliphatic carbocycles. The molecule has 2 aromatic rings. The monoisotopic (exact) mass is 433 g/mol. The maximum Gasteiger partial charge on any atom is 0.250 e.